The maximum atomic E-state index is 11.2. The van der Waals surface area contributed by atoms with Crippen molar-refractivity contribution in [2.45, 2.75) is 25.2 Å². The average Bonchev–Trinajstić information content (AvgIpc) is 2.80. The third kappa shape index (κ3) is 3.26. The van der Waals surface area contributed by atoms with Crippen molar-refractivity contribution in [2.24, 2.45) is 11.1 Å². The summed E-state index contributed by atoms with van der Waals surface area (Å²) in [5.74, 6) is 0.332. The second kappa shape index (κ2) is 5.63. The molecule has 0 fully saturated rings. The molecule has 1 aromatic carbocycles. The largest absolute Gasteiger partial charge is 0.238 e. The van der Waals surface area contributed by atoms with Crippen LogP contribution in [0.4, 0.5) is 0 Å². The molecule has 0 aliphatic rings. The number of sulfonamides is 1. The standard InChI is InChI=1S/C13H15N5O2S/c1-9(2)7-13-12(8-14)16-17-18(13)10-3-5-11(6-4-10)21(15,19)20/h3-6,9H,7H2,1-2H3,(H2,15,19,20). The van der Waals surface area contributed by atoms with Crippen molar-refractivity contribution >= 4 is 10.0 Å². The molecule has 1 aromatic heterocycles. The summed E-state index contributed by atoms with van der Waals surface area (Å²) in [7, 11) is -3.73. The first-order valence-corrected chi connectivity index (χ1v) is 7.85. The number of rotatable bonds is 4. The molecule has 0 aliphatic carbocycles. The molecular formula is C13H15N5O2S. The Morgan fingerprint density at radius 2 is 1.95 bits per heavy atom. The summed E-state index contributed by atoms with van der Waals surface area (Å²) in [6.07, 6.45) is 0.646. The van der Waals surface area contributed by atoms with Gasteiger partial charge in [0.2, 0.25) is 10.0 Å². The van der Waals surface area contributed by atoms with Gasteiger partial charge in [-0.15, -0.1) is 5.10 Å². The van der Waals surface area contributed by atoms with Crippen LogP contribution in [0.5, 0.6) is 0 Å². The van der Waals surface area contributed by atoms with E-state index in [0.717, 1.165) is 0 Å². The molecule has 0 spiro atoms. The van der Waals surface area contributed by atoms with Gasteiger partial charge in [0, 0.05) is 0 Å². The van der Waals surface area contributed by atoms with Crippen LogP contribution in [0.15, 0.2) is 29.2 Å². The second-order valence-electron chi connectivity index (χ2n) is 5.05. The Morgan fingerprint density at radius 1 is 1.33 bits per heavy atom. The number of nitrogens with two attached hydrogens (primary N) is 1. The third-order valence-corrected chi connectivity index (χ3v) is 3.81. The van der Waals surface area contributed by atoms with Crippen LogP contribution < -0.4 is 5.14 Å². The van der Waals surface area contributed by atoms with E-state index in [1.165, 1.54) is 12.1 Å². The Morgan fingerprint density at radius 3 is 2.43 bits per heavy atom. The minimum Gasteiger partial charge on any atom is -0.225 e. The van der Waals surface area contributed by atoms with E-state index in [1.54, 1.807) is 16.8 Å². The van der Waals surface area contributed by atoms with E-state index in [0.29, 0.717) is 23.7 Å². The zero-order valence-electron chi connectivity index (χ0n) is 11.7. The van der Waals surface area contributed by atoms with Crippen LogP contribution in [0.3, 0.4) is 0 Å². The molecule has 8 heteroatoms. The molecule has 1 heterocycles. The number of nitrogens with zero attached hydrogens (tertiary/aromatic N) is 4. The van der Waals surface area contributed by atoms with Gasteiger partial charge >= 0.3 is 0 Å². The smallest absolute Gasteiger partial charge is 0.225 e. The van der Waals surface area contributed by atoms with Gasteiger partial charge in [0.15, 0.2) is 5.69 Å². The molecule has 0 unspecified atom stereocenters. The molecule has 0 saturated carbocycles. The van der Waals surface area contributed by atoms with Crippen molar-refractivity contribution in [3.05, 3.63) is 35.7 Å². The Kier molecular flexibility index (Phi) is 4.06. The van der Waals surface area contributed by atoms with Gasteiger partial charge in [0.05, 0.1) is 16.3 Å². The molecule has 0 amide bonds. The van der Waals surface area contributed by atoms with E-state index in [-0.39, 0.29) is 10.6 Å². The van der Waals surface area contributed by atoms with Gasteiger partial charge in [0.25, 0.3) is 0 Å². The highest BCUT2D eigenvalue weighted by atomic mass is 32.2. The number of primary sulfonamides is 1. The van der Waals surface area contributed by atoms with Gasteiger partial charge in [-0.2, -0.15) is 5.26 Å². The number of hydrogen-bond acceptors (Lipinski definition) is 5. The average molecular weight is 305 g/mol. The van der Waals surface area contributed by atoms with Gasteiger partial charge in [-0.1, -0.05) is 19.1 Å². The van der Waals surface area contributed by atoms with Gasteiger partial charge in [-0.05, 0) is 36.6 Å². The first kappa shape index (κ1) is 15.2. The fraction of sp³-hybridized carbons (Fsp3) is 0.308. The highest BCUT2D eigenvalue weighted by Crippen LogP contribution is 2.18. The number of nitriles is 1. The predicted molar refractivity (Wildman–Crippen MR) is 76.0 cm³/mol. The lowest BCUT2D eigenvalue weighted by atomic mass is 10.1. The Bertz CT molecular complexity index is 785. The van der Waals surface area contributed by atoms with E-state index in [9.17, 15) is 8.42 Å². The lowest BCUT2D eigenvalue weighted by Crippen LogP contribution is -2.12. The van der Waals surface area contributed by atoms with Crippen molar-refractivity contribution in [1.29, 1.82) is 5.26 Å². The summed E-state index contributed by atoms with van der Waals surface area (Å²) < 4.78 is 24.0. The minimum absolute atomic E-state index is 0.0253. The zero-order valence-corrected chi connectivity index (χ0v) is 12.5. The van der Waals surface area contributed by atoms with Crippen LogP contribution in [0, 0.1) is 17.2 Å². The fourth-order valence-electron chi connectivity index (χ4n) is 1.94. The van der Waals surface area contributed by atoms with Gasteiger partial charge in [-0.3, -0.25) is 0 Å². The molecule has 0 atom stereocenters. The molecule has 7 nitrogen and oxygen atoms in total. The number of aromatic nitrogens is 3. The zero-order chi connectivity index (χ0) is 15.6. The van der Waals surface area contributed by atoms with E-state index in [1.807, 2.05) is 19.9 Å². The fourth-order valence-corrected chi connectivity index (χ4v) is 2.46. The number of benzene rings is 1. The maximum Gasteiger partial charge on any atom is 0.238 e. The summed E-state index contributed by atoms with van der Waals surface area (Å²) in [6, 6.07) is 7.98. The van der Waals surface area contributed by atoms with Crippen LogP contribution in [-0.2, 0) is 16.4 Å². The molecule has 0 bridgehead atoms. The van der Waals surface area contributed by atoms with Crippen LogP contribution in [0.25, 0.3) is 5.69 Å². The van der Waals surface area contributed by atoms with Crippen LogP contribution in [0.1, 0.15) is 25.2 Å². The van der Waals surface area contributed by atoms with Gasteiger partial charge in [0.1, 0.15) is 6.07 Å². The quantitative estimate of drug-likeness (QED) is 0.904. The molecule has 2 aromatic rings. The highest BCUT2D eigenvalue weighted by Gasteiger charge is 2.16. The molecular weight excluding hydrogens is 290 g/mol. The highest BCUT2D eigenvalue weighted by molar-refractivity contribution is 7.89. The normalized spacial score (nSPS) is 11.6. The van der Waals surface area contributed by atoms with Crippen LogP contribution in [0.2, 0.25) is 0 Å². The monoisotopic (exact) mass is 305 g/mol. The van der Waals surface area contributed by atoms with E-state index in [2.05, 4.69) is 10.3 Å². The SMILES string of the molecule is CC(C)Cc1c(C#N)nnn1-c1ccc(S(N)(=O)=O)cc1. The molecule has 2 N–H and O–H groups in total. The summed E-state index contributed by atoms with van der Waals surface area (Å²) in [4.78, 5) is 0.0253. The first-order valence-electron chi connectivity index (χ1n) is 6.31. The van der Waals surface area contributed by atoms with Gasteiger partial charge in [-0.25, -0.2) is 18.2 Å². The molecule has 110 valence electrons. The van der Waals surface area contributed by atoms with E-state index >= 15 is 0 Å². The van der Waals surface area contributed by atoms with E-state index in [4.69, 9.17) is 10.4 Å². The van der Waals surface area contributed by atoms with Crippen molar-refractivity contribution in [3.8, 4) is 11.8 Å². The minimum atomic E-state index is -3.73. The Hall–Kier alpha value is -2.24. The van der Waals surface area contributed by atoms with Crippen molar-refractivity contribution in [3.63, 3.8) is 0 Å². The Labute approximate surface area is 123 Å². The summed E-state index contributed by atoms with van der Waals surface area (Å²) in [6.45, 7) is 4.06. The molecule has 2 rings (SSSR count). The molecule has 21 heavy (non-hydrogen) atoms. The summed E-state index contributed by atoms with van der Waals surface area (Å²) >= 11 is 0. The molecule has 0 saturated heterocycles. The number of hydrogen-bond donors (Lipinski definition) is 1. The maximum absolute atomic E-state index is 11.2. The van der Waals surface area contributed by atoms with Crippen LogP contribution >= 0.6 is 0 Å². The summed E-state index contributed by atoms with van der Waals surface area (Å²) in [5.41, 5.74) is 1.61. The van der Waals surface area contributed by atoms with Crippen molar-refractivity contribution in [2.75, 3.05) is 0 Å². The predicted octanol–water partition coefficient (Wildman–Crippen LogP) is 0.985. The van der Waals surface area contributed by atoms with Crippen molar-refractivity contribution < 1.29 is 8.42 Å². The van der Waals surface area contributed by atoms with E-state index < -0.39 is 10.0 Å². The van der Waals surface area contributed by atoms with Crippen molar-refractivity contribution in [1.82, 2.24) is 15.0 Å². The molecule has 0 radical (unpaired) electrons. The van der Waals surface area contributed by atoms with Gasteiger partial charge < -0.3 is 0 Å². The lowest BCUT2D eigenvalue weighted by Gasteiger charge is -2.09. The third-order valence-electron chi connectivity index (χ3n) is 2.88. The lowest BCUT2D eigenvalue weighted by molar-refractivity contribution is 0.597. The first-order chi connectivity index (χ1) is 9.82. The topological polar surface area (TPSA) is 115 Å². The van der Waals surface area contributed by atoms with Crippen LogP contribution in [-0.4, -0.2) is 23.4 Å². The Balaban J connectivity index is 2.48. The summed E-state index contributed by atoms with van der Waals surface area (Å²) in [5, 5.41) is 22.0. The second-order valence-corrected chi connectivity index (χ2v) is 6.61. The molecule has 0 aliphatic heterocycles.